The van der Waals surface area contributed by atoms with Gasteiger partial charge in [-0.1, -0.05) is 18.2 Å². The lowest BCUT2D eigenvalue weighted by Crippen LogP contribution is -2.41. The van der Waals surface area contributed by atoms with Gasteiger partial charge in [0.15, 0.2) is 11.6 Å². The quantitative estimate of drug-likeness (QED) is 0.718. The van der Waals surface area contributed by atoms with Crippen molar-refractivity contribution < 1.29 is 18.3 Å². The number of rotatable bonds is 2. The fourth-order valence-corrected chi connectivity index (χ4v) is 2.91. The average Bonchev–Trinajstić information content (AvgIpc) is 2.85. The van der Waals surface area contributed by atoms with E-state index in [4.69, 9.17) is 4.74 Å². The smallest absolute Gasteiger partial charge is 0.411 e. The Morgan fingerprint density at radius 2 is 1.91 bits per heavy atom. The highest BCUT2D eigenvalue weighted by atomic mass is 19.2. The van der Waals surface area contributed by atoms with Crippen molar-refractivity contribution in [2.75, 3.05) is 0 Å². The number of ether oxygens (including phenoxy) is 1. The van der Waals surface area contributed by atoms with E-state index in [0.29, 0.717) is 12.0 Å². The molecule has 0 N–H and O–H groups in total. The zero-order valence-corrected chi connectivity index (χ0v) is 14.0. The Morgan fingerprint density at radius 1 is 1.26 bits per heavy atom. The standard InChI is InChI=1S/C18H23F2NO2/c1-11(2)15-8-9-16(12-6-7-13(19)14(20)10-12)21(15)17(22)23-18(3,4)5/h6-7,10,15-16H,1,8-9H2,2-5H3/t15-,16+/m1/s1. The number of amides is 1. The van der Waals surface area contributed by atoms with E-state index in [9.17, 15) is 13.6 Å². The van der Waals surface area contributed by atoms with E-state index >= 15 is 0 Å². The van der Waals surface area contributed by atoms with Crippen molar-refractivity contribution in [2.45, 2.75) is 58.2 Å². The SMILES string of the molecule is C=C(C)[C@H]1CC[C@@H](c2ccc(F)c(F)c2)N1C(=O)OC(C)(C)C. The minimum absolute atomic E-state index is 0.164. The van der Waals surface area contributed by atoms with Crippen molar-refractivity contribution in [1.82, 2.24) is 4.90 Å². The molecular formula is C18H23F2NO2. The average molecular weight is 323 g/mol. The fourth-order valence-electron chi connectivity index (χ4n) is 2.91. The first-order valence-electron chi connectivity index (χ1n) is 7.72. The van der Waals surface area contributed by atoms with Crippen molar-refractivity contribution in [3.05, 3.63) is 47.5 Å². The molecule has 2 rings (SSSR count). The Hall–Kier alpha value is -1.91. The molecule has 0 saturated carbocycles. The molecule has 0 spiro atoms. The van der Waals surface area contributed by atoms with Gasteiger partial charge in [0.25, 0.3) is 0 Å². The third-order valence-corrected chi connectivity index (χ3v) is 3.89. The molecule has 1 aliphatic rings. The molecule has 126 valence electrons. The van der Waals surface area contributed by atoms with E-state index in [-0.39, 0.29) is 12.1 Å². The van der Waals surface area contributed by atoms with Crippen molar-refractivity contribution in [2.24, 2.45) is 0 Å². The molecule has 1 aromatic carbocycles. The first-order chi connectivity index (χ1) is 10.6. The molecule has 5 heteroatoms. The van der Waals surface area contributed by atoms with E-state index in [1.807, 2.05) is 6.92 Å². The van der Waals surface area contributed by atoms with Gasteiger partial charge in [-0.05, 0) is 58.2 Å². The number of halogens is 2. The fraction of sp³-hybridized carbons (Fsp3) is 0.500. The van der Waals surface area contributed by atoms with E-state index in [1.165, 1.54) is 6.07 Å². The predicted octanol–water partition coefficient (Wildman–Crippen LogP) is 4.98. The summed E-state index contributed by atoms with van der Waals surface area (Å²) < 4.78 is 32.2. The summed E-state index contributed by atoms with van der Waals surface area (Å²) in [6, 6.07) is 3.25. The van der Waals surface area contributed by atoms with Gasteiger partial charge in [0, 0.05) is 0 Å². The van der Waals surface area contributed by atoms with Gasteiger partial charge in [-0.2, -0.15) is 0 Å². The lowest BCUT2D eigenvalue weighted by atomic mass is 10.0. The van der Waals surface area contributed by atoms with E-state index in [2.05, 4.69) is 6.58 Å². The molecule has 1 saturated heterocycles. The minimum Gasteiger partial charge on any atom is -0.444 e. The normalized spacial score (nSPS) is 21.4. The highest BCUT2D eigenvalue weighted by molar-refractivity contribution is 5.70. The summed E-state index contributed by atoms with van der Waals surface area (Å²) >= 11 is 0. The van der Waals surface area contributed by atoms with Crippen LogP contribution in [0.1, 0.15) is 52.1 Å². The molecule has 1 aromatic rings. The summed E-state index contributed by atoms with van der Waals surface area (Å²) in [5.41, 5.74) is 0.789. The first-order valence-corrected chi connectivity index (χ1v) is 7.72. The molecule has 1 heterocycles. The number of likely N-dealkylation sites (tertiary alicyclic amines) is 1. The second-order valence-electron chi connectivity index (χ2n) is 7.02. The molecule has 1 amide bonds. The molecule has 1 aliphatic heterocycles. The minimum atomic E-state index is -0.912. The second kappa shape index (κ2) is 6.30. The maximum absolute atomic E-state index is 13.6. The molecule has 0 radical (unpaired) electrons. The number of carbonyl (C=O) groups excluding carboxylic acids is 1. The highest BCUT2D eigenvalue weighted by Gasteiger charge is 2.40. The van der Waals surface area contributed by atoms with Crippen LogP contribution in [0.4, 0.5) is 13.6 Å². The van der Waals surface area contributed by atoms with Gasteiger partial charge < -0.3 is 4.74 Å². The summed E-state index contributed by atoms with van der Waals surface area (Å²) in [7, 11) is 0. The van der Waals surface area contributed by atoms with Crippen molar-refractivity contribution >= 4 is 6.09 Å². The maximum atomic E-state index is 13.6. The lowest BCUT2D eigenvalue weighted by Gasteiger charge is -2.33. The molecule has 0 aliphatic carbocycles. The van der Waals surface area contributed by atoms with Crippen molar-refractivity contribution in [3.8, 4) is 0 Å². The number of hydrogen-bond acceptors (Lipinski definition) is 2. The summed E-state index contributed by atoms with van der Waals surface area (Å²) in [6.45, 7) is 11.2. The van der Waals surface area contributed by atoms with Crippen LogP contribution in [0, 0.1) is 11.6 Å². The number of benzene rings is 1. The Balaban J connectivity index is 2.35. The molecule has 1 fully saturated rings. The Labute approximate surface area is 135 Å². The summed E-state index contributed by atoms with van der Waals surface area (Å²) in [5, 5.41) is 0. The molecular weight excluding hydrogens is 300 g/mol. The van der Waals surface area contributed by atoms with Crippen LogP contribution < -0.4 is 0 Å². The lowest BCUT2D eigenvalue weighted by molar-refractivity contribution is 0.0170. The summed E-state index contributed by atoms with van der Waals surface area (Å²) in [4.78, 5) is 14.2. The summed E-state index contributed by atoms with van der Waals surface area (Å²) in [5.74, 6) is -1.81. The van der Waals surface area contributed by atoms with Crippen LogP contribution >= 0.6 is 0 Å². The van der Waals surface area contributed by atoms with Gasteiger partial charge in [-0.15, -0.1) is 0 Å². The van der Waals surface area contributed by atoms with E-state index in [0.717, 1.165) is 24.1 Å². The molecule has 0 aromatic heterocycles. The predicted molar refractivity (Wildman–Crippen MR) is 85.0 cm³/mol. The zero-order valence-electron chi connectivity index (χ0n) is 14.0. The van der Waals surface area contributed by atoms with Crippen LogP contribution in [0.3, 0.4) is 0 Å². The van der Waals surface area contributed by atoms with Gasteiger partial charge in [-0.25, -0.2) is 13.6 Å². The Bertz CT molecular complexity index is 622. The van der Waals surface area contributed by atoms with Gasteiger partial charge in [0.2, 0.25) is 0 Å². The number of hydrogen-bond donors (Lipinski definition) is 0. The number of nitrogens with zero attached hydrogens (tertiary/aromatic N) is 1. The third kappa shape index (κ3) is 3.89. The van der Waals surface area contributed by atoms with Crippen LogP contribution in [-0.2, 0) is 4.74 Å². The maximum Gasteiger partial charge on any atom is 0.411 e. The third-order valence-electron chi connectivity index (χ3n) is 3.89. The topological polar surface area (TPSA) is 29.5 Å². The van der Waals surface area contributed by atoms with E-state index < -0.39 is 23.3 Å². The van der Waals surface area contributed by atoms with Crippen LogP contribution in [0.2, 0.25) is 0 Å². The van der Waals surface area contributed by atoms with Crippen LogP contribution in [0.15, 0.2) is 30.4 Å². The van der Waals surface area contributed by atoms with E-state index in [1.54, 1.807) is 25.7 Å². The zero-order chi connectivity index (χ0) is 17.4. The van der Waals surface area contributed by atoms with Crippen molar-refractivity contribution in [3.63, 3.8) is 0 Å². The van der Waals surface area contributed by atoms with Crippen LogP contribution in [0.5, 0.6) is 0 Å². The van der Waals surface area contributed by atoms with Gasteiger partial charge in [-0.3, -0.25) is 4.90 Å². The molecule has 23 heavy (non-hydrogen) atoms. The van der Waals surface area contributed by atoms with Gasteiger partial charge >= 0.3 is 6.09 Å². The Kier molecular flexibility index (Phi) is 4.78. The molecule has 0 bridgehead atoms. The Morgan fingerprint density at radius 3 is 2.43 bits per heavy atom. The first kappa shape index (κ1) is 17.4. The number of carbonyl (C=O) groups is 1. The summed E-state index contributed by atoms with van der Waals surface area (Å²) in [6.07, 6.45) is 0.915. The monoisotopic (exact) mass is 323 g/mol. The highest BCUT2D eigenvalue weighted by Crippen LogP contribution is 2.39. The largest absolute Gasteiger partial charge is 0.444 e. The van der Waals surface area contributed by atoms with Crippen LogP contribution in [0.25, 0.3) is 0 Å². The van der Waals surface area contributed by atoms with Crippen LogP contribution in [-0.4, -0.2) is 22.6 Å². The molecule has 0 unspecified atom stereocenters. The second-order valence-corrected chi connectivity index (χ2v) is 7.02. The van der Waals surface area contributed by atoms with Crippen molar-refractivity contribution in [1.29, 1.82) is 0 Å². The molecule has 3 nitrogen and oxygen atoms in total. The molecule has 2 atom stereocenters. The van der Waals surface area contributed by atoms with Gasteiger partial charge in [0.05, 0.1) is 12.1 Å². The van der Waals surface area contributed by atoms with Gasteiger partial charge in [0.1, 0.15) is 5.60 Å².